The van der Waals surface area contributed by atoms with Gasteiger partial charge in [-0.2, -0.15) is 0 Å². The lowest BCUT2D eigenvalue weighted by Crippen LogP contribution is -2.65. The number of hydrogen-bond acceptors (Lipinski definition) is 4. The van der Waals surface area contributed by atoms with Gasteiger partial charge < -0.3 is 9.22 Å². The quantitative estimate of drug-likeness (QED) is 0.545. The first kappa shape index (κ1) is 19.6. The van der Waals surface area contributed by atoms with Crippen LogP contribution in [0.3, 0.4) is 0 Å². The predicted octanol–water partition coefficient (Wildman–Crippen LogP) is 4.24. The number of para-hydroxylation sites is 2. The third kappa shape index (κ3) is 3.32. The summed E-state index contributed by atoms with van der Waals surface area (Å²) >= 11 is 1.71. The first-order chi connectivity index (χ1) is 14.6. The zero-order valence-corrected chi connectivity index (χ0v) is 18.1. The molecule has 0 spiro atoms. The number of amides is 1. The lowest BCUT2D eigenvalue weighted by atomic mass is 9.77. The fraction of sp³-hybridized carbons (Fsp3) is 0.417. The standard InChI is InChI=1S/C24H27N2O3S/c1-2-29-24(28)18-15-26(13-11-17(18)12-14-26)16-23(27)25-19-7-3-5-9-21(19)30-22-10-6-4-8-20(22)25/h3-10,17-18H,2,11-16H2,1H3/q+1/t17?,18-,26?/m0/s1. The summed E-state index contributed by atoms with van der Waals surface area (Å²) in [5.41, 5.74) is 1.91. The Kier molecular flexibility index (Phi) is 5.07. The average Bonchev–Trinajstić information content (AvgIpc) is 2.77. The van der Waals surface area contributed by atoms with Crippen molar-refractivity contribution in [2.24, 2.45) is 11.8 Å². The normalized spacial score (nSPS) is 26.6. The second-order valence-electron chi connectivity index (χ2n) is 8.59. The molecule has 1 amide bonds. The van der Waals surface area contributed by atoms with E-state index in [1.54, 1.807) is 11.8 Å². The topological polar surface area (TPSA) is 46.6 Å². The number of esters is 1. The van der Waals surface area contributed by atoms with E-state index in [2.05, 4.69) is 12.1 Å². The molecule has 2 bridgehead atoms. The van der Waals surface area contributed by atoms with Crippen LogP contribution in [0.4, 0.5) is 11.4 Å². The summed E-state index contributed by atoms with van der Waals surface area (Å²) in [4.78, 5) is 30.4. The van der Waals surface area contributed by atoms with Crippen LogP contribution >= 0.6 is 11.8 Å². The number of quaternary nitrogens is 1. The van der Waals surface area contributed by atoms with E-state index in [1.807, 2.05) is 48.2 Å². The minimum absolute atomic E-state index is 0.0725. The molecule has 0 aliphatic carbocycles. The number of nitrogens with zero attached hydrogens (tertiary/aromatic N) is 2. The van der Waals surface area contributed by atoms with Crippen molar-refractivity contribution >= 4 is 35.0 Å². The SMILES string of the molecule is CCOC(=O)[C@H]1C[N+]2(CC(=O)N3c4ccccc4Sc4ccccc43)CCC1CC2. The van der Waals surface area contributed by atoms with Crippen LogP contribution in [0.25, 0.3) is 0 Å². The van der Waals surface area contributed by atoms with Crippen molar-refractivity contribution in [1.29, 1.82) is 0 Å². The van der Waals surface area contributed by atoms with Crippen molar-refractivity contribution < 1.29 is 18.8 Å². The Morgan fingerprint density at radius 2 is 1.63 bits per heavy atom. The van der Waals surface area contributed by atoms with Gasteiger partial charge in [-0.1, -0.05) is 36.0 Å². The molecule has 0 unspecified atom stereocenters. The molecule has 156 valence electrons. The van der Waals surface area contributed by atoms with Gasteiger partial charge in [-0.15, -0.1) is 0 Å². The van der Waals surface area contributed by atoms with Crippen LogP contribution in [-0.2, 0) is 14.3 Å². The van der Waals surface area contributed by atoms with Gasteiger partial charge in [0, 0.05) is 22.6 Å². The molecular formula is C24H27N2O3S+. The molecule has 0 N–H and O–H groups in total. The van der Waals surface area contributed by atoms with E-state index in [9.17, 15) is 9.59 Å². The lowest BCUT2D eigenvalue weighted by molar-refractivity contribution is -0.938. The van der Waals surface area contributed by atoms with Gasteiger partial charge in [0.25, 0.3) is 5.91 Å². The molecule has 2 aromatic rings. The predicted molar refractivity (Wildman–Crippen MR) is 117 cm³/mol. The molecule has 4 aliphatic rings. The molecule has 5 nitrogen and oxygen atoms in total. The van der Waals surface area contributed by atoms with Crippen molar-refractivity contribution in [3.63, 3.8) is 0 Å². The molecule has 0 aromatic heterocycles. The summed E-state index contributed by atoms with van der Waals surface area (Å²) in [5, 5.41) is 0. The fourth-order valence-electron chi connectivity index (χ4n) is 5.36. The number of carbonyl (C=O) groups is 2. The van der Waals surface area contributed by atoms with E-state index in [0.29, 0.717) is 23.6 Å². The highest BCUT2D eigenvalue weighted by atomic mass is 32.2. The number of fused-ring (bicyclic) bond motifs is 5. The van der Waals surface area contributed by atoms with Crippen LogP contribution in [0, 0.1) is 11.8 Å². The molecule has 6 rings (SSSR count). The fourth-order valence-corrected chi connectivity index (χ4v) is 6.41. The van der Waals surface area contributed by atoms with E-state index >= 15 is 0 Å². The van der Waals surface area contributed by atoms with Crippen LogP contribution in [0.1, 0.15) is 19.8 Å². The zero-order chi connectivity index (χ0) is 20.7. The molecule has 4 heterocycles. The average molecular weight is 424 g/mol. The monoisotopic (exact) mass is 423 g/mol. The molecule has 1 atom stereocenters. The van der Waals surface area contributed by atoms with Gasteiger partial charge in [0.1, 0.15) is 5.92 Å². The van der Waals surface area contributed by atoms with Crippen molar-refractivity contribution in [3.05, 3.63) is 48.5 Å². The first-order valence-electron chi connectivity index (χ1n) is 10.8. The molecule has 0 radical (unpaired) electrons. The molecule has 0 saturated carbocycles. The minimum Gasteiger partial charge on any atom is -0.466 e. The third-order valence-electron chi connectivity index (χ3n) is 6.84. The van der Waals surface area contributed by atoms with Crippen molar-refractivity contribution in [3.8, 4) is 0 Å². The largest absolute Gasteiger partial charge is 0.466 e. The van der Waals surface area contributed by atoms with E-state index in [4.69, 9.17) is 4.74 Å². The summed E-state index contributed by atoms with van der Waals surface area (Å²) in [7, 11) is 0. The number of hydrogen-bond donors (Lipinski definition) is 0. The van der Waals surface area contributed by atoms with Gasteiger partial charge in [0.2, 0.25) is 0 Å². The van der Waals surface area contributed by atoms with E-state index < -0.39 is 0 Å². The molecule has 3 fully saturated rings. The number of ether oxygens (including phenoxy) is 1. The summed E-state index contributed by atoms with van der Waals surface area (Å²) in [6.45, 7) is 5.36. The second-order valence-corrected chi connectivity index (χ2v) is 9.68. The Morgan fingerprint density at radius 3 is 2.23 bits per heavy atom. The van der Waals surface area contributed by atoms with Crippen LogP contribution in [-0.4, -0.2) is 49.1 Å². The van der Waals surface area contributed by atoms with Gasteiger partial charge in [0.15, 0.2) is 6.54 Å². The molecule has 30 heavy (non-hydrogen) atoms. The summed E-state index contributed by atoms with van der Waals surface area (Å²) in [6.07, 6.45) is 2.00. The number of anilines is 2. The van der Waals surface area contributed by atoms with Crippen molar-refractivity contribution in [2.45, 2.75) is 29.6 Å². The maximum Gasteiger partial charge on any atom is 0.314 e. The maximum atomic E-state index is 13.8. The van der Waals surface area contributed by atoms with Crippen LogP contribution in [0.15, 0.2) is 58.3 Å². The Balaban J connectivity index is 1.44. The minimum atomic E-state index is -0.0816. The van der Waals surface area contributed by atoms with E-state index in [0.717, 1.165) is 53.6 Å². The van der Waals surface area contributed by atoms with Gasteiger partial charge >= 0.3 is 5.97 Å². The molecule has 3 saturated heterocycles. The summed E-state index contributed by atoms with van der Waals surface area (Å²) < 4.78 is 6.05. The summed E-state index contributed by atoms with van der Waals surface area (Å²) in [5.74, 6) is 0.365. The first-order valence-corrected chi connectivity index (χ1v) is 11.6. The van der Waals surface area contributed by atoms with Gasteiger partial charge in [-0.05, 0) is 37.1 Å². The highest BCUT2D eigenvalue weighted by Crippen LogP contribution is 2.48. The highest BCUT2D eigenvalue weighted by molar-refractivity contribution is 7.99. The van der Waals surface area contributed by atoms with Gasteiger partial charge in [-0.25, -0.2) is 0 Å². The van der Waals surface area contributed by atoms with Crippen LogP contribution in [0.2, 0.25) is 0 Å². The molecular weight excluding hydrogens is 396 g/mol. The number of benzene rings is 2. The number of piperidine rings is 3. The van der Waals surface area contributed by atoms with E-state index in [-0.39, 0.29) is 17.8 Å². The highest BCUT2D eigenvalue weighted by Gasteiger charge is 2.50. The molecule has 4 aliphatic heterocycles. The van der Waals surface area contributed by atoms with Crippen molar-refractivity contribution in [2.75, 3.05) is 37.7 Å². The molecule has 6 heteroatoms. The maximum absolute atomic E-state index is 13.8. The smallest absolute Gasteiger partial charge is 0.314 e. The second kappa shape index (κ2) is 7.75. The van der Waals surface area contributed by atoms with Crippen LogP contribution in [0.5, 0.6) is 0 Å². The molecule has 2 aromatic carbocycles. The van der Waals surface area contributed by atoms with Crippen molar-refractivity contribution in [1.82, 2.24) is 0 Å². The number of carbonyl (C=O) groups excluding carboxylic acids is 2. The Labute approximate surface area is 181 Å². The Hall–Kier alpha value is -2.31. The Bertz CT molecular complexity index is 938. The zero-order valence-electron chi connectivity index (χ0n) is 17.3. The van der Waals surface area contributed by atoms with Gasteiger partial charge in [-0.3, -0.25) is 14.5 Å². The van der Waals surface area contributed by atoms with E-state index in [1.165, 1.54) is 0 Å². The number of rotatable bonds is 4. The third-order valence-corrected chi connectivity index (χ3v) is 7.97. The van der Waals surface area contributed by atoms with Crippen LogP contribution < -0.4 is 4.90 Å². The Morgan fingerprint density at radius 1 is 1.03 bits per heavy atom. The van der Waals surface area contributed by atoms with Gasteiger partial charge in [0.05, 0.1) is 37.6 Å². The summed E-state index contributed by atoms with van der Waals surface area (Å²) in [6, 6.07) is 16.2. The lowest BCUT2D eigenvalue weighted by Gasteiger charge is -2.51.